The Morgan fingerprint density at radius 3 is 2.58 bits per heavy atom. The molecule has 3 unspecified atom stereocenters. The average molecular weight is 328 g/mol. The Labute approximate surface area is 147 Å². The summed E-state index contributed by atoms with van der Waals surface area (Å²) < 4.78 is 0. The van der Waals surface area contributed by atoms with Crippen molar-refractivity contribution >= 4 is 5.71 Å². The number of hydrogen-bond acceptors (Lipinski definition) is 2. The molecule has 4 aliphatic carbocycles. The van der Waals surface area contributed by atoms with Gasteiger partial charge in [-0.05, 0) is 91.9 Å². The van der Waals surface area contributed by atoms with Crippen LogP contribution in [0.2, 0.25) is 0 Å². The maximum absolute atomic E-state index is 9.29. The summed E-state index contributed by atoms with van der Waals surface area (Å²) in [6.45, 7) is 9.41. The van der Waals surface area contributed by atoms with E-state index in [1.165, 1.54) is 50.5 Å². The Morgan fingerprint density at radius 1 is 1.08 bits per heavy atom. The van der Waals surface area contributed by atoms with E-state index in [-0.39, 0.29) is 5.41 Å². The molecule has 6 atom stereocenters. The monoisotopic (exact) mass is 327 g/mol. The van der Waals surface area contributed by atoms with Gasteiger partial charge in [-0.15, -0.1) is 0 Å². The van der Waals surface area contributed by atoms with Crippen molar-refractivity contribution in [2.75, 3.05) is 0 Å². The number of oxime groups is 1. The van der Waals surface area contributed by atoms with Crippen LogP contribution in [0.15, 0.2) is 28.5 Å². The van der Waals surface area contributed by atoms with E-state index in [1.54, 1.807) is 5.57 Å². The van der Waals surface area contributed by atoms with E-state index in [1.807, 2.05) is 6.92 Å². The van der Waals surface area contributed by atoms with Gasteiger partial charge in [-0.3, -0.25) is 0 Å². The zero-order valence-corrected chi connectivity index (χ0v) is 15.8. The molecule has 2 heteroatoms. The highest BCUT2D eigenvalue weighted by molar-refractivity contribution is 5.99. The summed E-state index contributed by atoms with van der Waals surface area (Å²) >= 11 is 0. The van der Waals surface area contributed by atoms with E-state index < -0.39 is 0 Å². The van der Waals surface area contributed by atoms with Crippen LogP contribution >= 0.6 is 0 Å². The Hall–Kier alpha value is -1.05. The fourth-order valence-electron chi connectivity index (χ4n) is 7.03. The zero-order valence-electron chi connectivity index (χ0n) is 15.8. The average Bonchev–Trinajstić information content (AvgIpc) is 2.92. The van der Waals surface area contributed by atoms with Crippen LogP contribution < -0.4 is 0 Å². The molecule has 0 heterocycles. The van der Waals surface area contributed by atoms with Crippen LogP contribution in [0.3, 0.4) is 0 Å². The smallest absolute Gasteiger partial charge is 0.0799 e. The number of allylic oxidation sites excluding steroid dienone is 4. The molecular formula is C22H33NO. The van der Waals surface area contributed by atoms with Gasteiger partial charge in [0.2, 0.25) is 0 Å². The van der Waals surface area contributed by atoms with Crippen LogP contribution in [0.4, 0.5) is 0 Å². The van der Waals surface area contributed by atoms with Crippen LogP contribution in [0, 0.1) is 34.5 Å². The first-order valence-electron chi connectivity index (χ1n) is 9.99. The first-order chi connectivity index (χ1) is 11.4. The largest absolute Gasteiger partial charge is 0.411 e. The fourth-order valence-corrected chi connectivity index (χ4v) is 7.03. The lowest BCUT2D eigenvalue weighted by Gasteiger charge is -2.57. The van der Waals surface area contributed by atoms with Crippen molar-refractivity contribution in [1.29, 1.82) is 0 Å². The van der Waals surface area contributed by atoms with Crippen LogP contribution in [-0.4, -0.2) is 10.9 Å². The van der Waals surface area contributed by atoms with Gasteiger partial charge in [-0.1, -0.05) is 43.7 Å². The summed E-state index contributed by atoms with van der Waals surface area (Å²) in [7, 11) is 0. The predicted molar refractivity (Wildman–Crippen MR) is 99.2 cm³/mol. The number of fused-ring (bicyclic) bond motifs is 5. The minimum absolute atomic E-state index is 0.223. The highest BCUT2D eigenvalue weighted by Crippen LogP contribution is 2.65. The summed E-state index contributed by atoms with van der Waals surface area (Å²) in [5.74, 6) is 3.28. The van der Waals surface area contributed by atoms with Crippen molar-refractivity contribution in [1.82, 2.24) is 0 Å². The molecule has 2 saturated carbocycles. The molecule has 1 N–H and O–H groups in total. The third-order valence-corrected chi connectivity index (χ3v) is 8.47. The van der Waals surface area contributed by atoms with E-state index in [4.69, 9.17) is 0 Å². The molecule has 24 heavy (non-hydrogen) atoms. The van der Waals surface area contributed by atoms with E-state index in [2.05, 4.69) is 38.1 Å². The molecule has 2 fully saturated rings. The fraction of sp³-hybridized carbons (Fsp3) is 0.773. The maximum atomic E-state index is 9.29. The molecule has 0 amide bonds. The van der Waals surface area contributed by atoms with Gasteiger partial charge in [0.15, 0.2) is 0 Å². The summed E-state index contributed by atoms with van der Waals surface area (Å²) in [5, 5.41) is 12.8. The van der Waals surface area contributed by atoms with Gasteiger partial charge in [-0.25, -0.2) is 0 Å². The second-order valence-electron chi connectivity index (χ2n) is 9.60. The van der Waals surface area contributed by atoms with Gasteiger partial charge in [0.05, 0.1) is 5.71 Å². The first-order valence-corrected chi connectivity index (χ1v) is 9.99. The highest BCUT2D eigenvalue weighted by atomic mass is 16.4. The molecule has 0 aromatic rings. The molecule has 2 nitrogen and oxygen atoms in total. The van der Waals surface area contributed by atoms with Crippen LogP contribution in [0.25, 0.3) is 0 Å². The van der Waals surface area contributed by atoms with Crippen molar-refractivity contribution in [3.63, 3.8) is 0 Å². The second-order valence-corrected chi connectivity index (χ2v) is 9.60. The van der Waals surface area contributed by atoms with Crippen molar-refractivity contribution < 1.29 is 5.21 Å². The SMILES string of the molecule is C/C(=N\O)C1=CCC2C3CC=C4C[C@@H](C)CC[C@]4(C)C3CC[C@]12C. The lowest BCUT2D eigenvalue weighted by Crippen LogP contribution is -2.49. The highest BCUT2D eigenvalue weighted by Gasteiger charge is 2.56. The van der Waals surface area contributed by atoms with Crippen LogP contribution in [-0.2, 0) is 0 Å². The zero-order chi connectivity index (χ0) is 17.1. The van der Waals surface area contributed by atoms with Crippen molar-refractivity contribution in [2.24, 2.45) is 39.7 Å². The third kappa shape index (κ3) is 2.10. The third-order valence-electron chi connectivity index (χ3n) is 8.47. The van der Waals surface area contributed by atoms with E-state index in [0.29, 0.717) is 5.41 Å². The van der Waals surface area contributed by atoms with E-state index in [9.17, 15) is 5.21 Å². The lowest BCUT2D eigenvalue weighted by molar-refractivity contribution is -0.0187. The maximum Gasteiger partial charge on any atom is 0.0799 e. The molecule has 132 valence electrons. The predicted octanol–water partition coefficient (Wildman–Crippen LogP) is 5.97. The van der Waals surface area contributed by atoms with Crippen molar-refractivity contribution in [3.05, 3.63) is 23.3 Å². The summed E-state index contributed by atoms with van der Waals surface area (Å²) in [6, 6.07) is 0. The summed E-state index contributed by atoms with van der Waals surface area (Å²) in [4.78, 5) is 0. The topological polar surface area (TPSA) is 32.6 Å². The minimum atomic E-state index is 0.223. The number of rotatable bonds is 1. The summed E-state index contributed by atoms with van der Waals surface area (Å²) in [5.41, 5.74) is 4.63. The molecular weight excluding hydrogens is 294 g/mol. The van der Waals surface area contributed by atoms with Gasteiger partial charge < -0.3 is 5.21 Å². The van der Waals surface area contributed by atoms with E-state index >= 15 is 0 Å². The molecule has 0 saturated heterocycles. The quantitative estimate of drug-likeness (QED) is 0.273. The van der Waals surface area contributed by atoms with E-state index in [0.717, 1.165) is 29.4 Å². The Morgan fingerprint density at radius 2 is 1.83 bits per heavy atom. The van der Waals surface area contributed by atoms with Crippen LogP contribution in [0.1, 0.15) is 72.6 Å². The second kappa shape index (κ2) is 5.47. The Bertz CT molecular complexity index is 630. The Balaban J connectivity index is 1.66. The Kier molecular flexibility index (Phi) is 3.75. The van der Waals surface area contributed by atoms with Gasteiger partial charge in [0, 0.05) is 0 Å². The molecule has 0 radical (unpaired) electrons. The van der Waals surface area contributed by atoms with Crippen LogP contribution in [0.5, 0.6) is 0 Å². The summed E-state index contributed by atoms with van der Waals surface area (Å²) in [6.07, 6.45) is 14.2. The van der Waals surface area contributed by atoms with Gasteiger partial charge >= 0.3 is 0 Å². The number of hydrogen-bond donors (Lipinski definition) is 1. The van der Waals surface area contributed by atoms with Crippen molar-refractivity contribution in [2.45, 2.75) is 72.6 Å². The minimum Gasteiger partial charge on any atom is -0.411 e. The van der Waals surface area contributed by atoms with Crippen molar-refractivity contribution in [3.8, 4) is 0 Å². The molecule has 0 aromatic heterocycles. The lowest BCUT2D eigenvalue weighted by atomic mass is 9.47. The molecule has 0 bridgehead atoms. The molecule has 0 aliphatic heterocycles. The van der Waals surface area contributed by atoms with Gasteiger partial charge in [0.25, 0.3) is 0 Å². The first kappa shape index (κ1) is 16.4. The normalized spacial score (nSPS) is 48.1. The number of nitrogens with zero attached hydrogens (tertiary/aromatic N) is 1. The molecule has 0 spiro atoms. The van der Waals surface area contributed by atoms with Gasteiger partial charge in [0.1, 0.15) is 0 Å². The standard InChI is InChI=1S/C22H33NO/c1-14-9-11-21(3)16(13-14)5-6-17-19-8-7-18(15(2)23-24)22(19,4)12-10-20(17)21/h5,7,14,17,19-20,24H,6,8-13H2,1-4H3/b23-15+/t14-,17?,19?,20?,21-,22+/m0/s1. The van der Waals surface area contributed by atoms with Gasteiger partial charge in [-0.2, -0.15) is 0 Å². The molecule has 4 aliphatic rings. The molecule has 4 rings (SSSR count). The molecule has 0 aromatic carbocycles.